The molecule has 0 radical (unpaired) electrons. The molecule has 0 bridgehead atoms. The lowest BCUT2D eigenvalue weighted by molar-refractivity contribution is 0.263. The highest BCUT2D eigenvalue weighted by Gasteiger charge is 1.98. The summed E-state index contributed by atoms with van der Waals surface area (Å²) in [7, 11) is 0. The molecule has 0 saturated heterocycles. The van der Waals surface area contributed by atoms with Gasteiger partial charge in [-0.05, 0) is 30.8 Å². The maximum absolute atomic E-state index is 5.13. The van der Waals surface area contributed by atoms with E-state index in [4.69, 9.17) is 21.4 Å². The van der Waals surface area contributed by atoms with Crippen molar-refractivity contribution in [2.75, 3.05) is 0 Å². The lowest BCUT2D eigenvalue weighted by atomic mass is 10.3. The summed E-state index contributed by atoms with van der Waals surface area (Å²) in [6.07, 6.45) is 1.69. The van der Waals surface area contributed by atoms with Gasteiger partial charge in [0.2, 0.25) is 0 Å². The van der Waals surface area contributed by atoms with Crippen molar-refractivity contribution >= 4 is 17.3 Å². The van der Waals surface area contributed by atoms with Gasteiger partial charge in [-0.15, -0.1) is 0 Å². The average molecular weight is 170 g/mol. The Morgan fingerprint density at radius 1 is 1.73 bits per heavy atom. The zero-order valence-corrected chi connectivity index (χ0v) is 7.40. The normalized spacial score (nSPS) is 9.64. The van der Waals surface area contributed by atoms with Crippen molar-refractivity contribution in [3.05, 3.63) is 23.7 Å². The number of hydrogen-bond acceptors (Lipinski definition) is 3. The van der Waals surface area contributed by atoms with Gasteiger partial charge in [0.1, 0.15) is 12.4 Å². The summed E-state index contributed by atoms with van der Waals surface area (Å²) in [6, 6.07) is 1.93. The summed E-state index contributed by atoms with van der Waals surface area (Å²) in [6.45, 7) is 4.14. The summed E-state index contributed by atoms with van der Waals surface area (Å²) in [5, 5.41) is 0.541. The van der Waals surface area contributed by atoms with Gasteiger partial charge in [0.25, 0.3) is 0 Å². The molecule has 0 aromatic carbocycles. The summed E-state index contributed by atoms with van der Waals surface area (Å²) in [5.74, 6) is 0.812. The van der Waals surface area contributed by atoms with Gasteiger partial charge < -0.3 is 9.15 Å². The quantitative estimate of drug-likeness (QED) is 0.636. The van der Waals surface area contributed by atoms with Crippen molar-refractivity contribution in [3.8, 4) is 0 Å². The van der Waals surface area contributed by atoms with Gasteiger partial charge in [0, 0.05) is 6.92 Å². The van der Waals surface area contributed by atoms with Gasteiger partial charge >= 0.3 is 0 Å². The Morgan fingerprint density at radius 3 is 2.91 bits per heavy atom. The fourth-order valence-electron chi connectivity index (χ4n) is 0.739. The number of aryl methyl sites for hydroxylation is 1. The number of thiocarbonyl (C=S) groups is 1. The van der Waals surface area contributed by atoms with E-state index >= 15 is 0 Å². The van der Waals surface area contributed by atoms with Crippen molar-refractivity contribution in [3.63, 3.8) is 0 Å². The van der Waals surface area contributed by atoms with Crippen LogP contribution in [0.15, 0.2) is 16.7 Å². The van der Waals surface area contributed by atoms with E-state index < -0.39 is 0 Å². The Balaban J connectivity index is 2.45. The lowest BCUT2D eigenvalue weighted by Crippen LogP contribution is -1.94. The molecule has 0 aliphatic rings. The van der Waals surface area contributed by atoms with Crippen molar-refractivity contribution < 1.29 is 9.15 Å². The van der Waals surface area contributed by atoms with E-state index in [1.54, 1.807) is 13.2 Å². The van der Waals surface area contributed by atoms with Crippen LogP contribution in [0.4, 0.5) is 0 Å². The maximum Gasteiger partial charge on any atom is 0.157 e. The molecule has 0 unspecified atom stereocenters. The number of ether oxygens (including phenoxy) is 1. The number of hydrogen-bond donors (Lipinski definition) is 0. The van der Waals surface area contributed by atoms with Crippen molar-refractivity contribution in [1.29, 1.82) is 0 Å². The van der Waals surface area contributed by atoms with Crippen LogP contribution in [-0.2, 0) is 11.3 Å². The lowest BCUT2D eigenvalue weighted by Gasteiger charge is -1.98. The Labute approximate surface area is 71.2 Å². The van der Waals surface area contributed by atoms with Gasteiger partial charge in [-0.25, -0.2) is 0 Å². The van der Waals surface area contributed by atoms with Crippen LogP contribution in [0.5, 0.6) is 0 Å². The molecule has 0 atom stereocenters. The second kappa shape index (κ2) is 3.53. The van der Waals surface area contributed by atoms with E-state index in [1.165, 1.54) is 0 Å². The Morgan fingerprint density at radius 2 is 2.45 bits per heavy atom. The molecule has 3 heteroatoms. The highest BCUT2D eigenvalue weighted by molar-refractivity contribution is 7.80. The van der Waals surface area contributed by atoms with Gasteiger partial charge in [0.05, 0.1) is 6.26 Å². The molecule has 11 heavy (non-hydrogen) atoms. The first-order valence-corrected chi connectivity index (χ1v) is 3.76. The second-order valence-electron chi connectivity index (χ2n) is 2.37. The molecular weight excluding hydrogens is 160 g/mol. The minimum Gasteiger partial charge on any atom is -0.479 e. The molecule has 0 spiro atoms. The van der Waals surface area contributed by atoms with E-state index in [9.17, 15) is 0 Å². The third-order valence-corrected chi connectivity index (χ3v) is 1.32. The fourth-order valence-corrected chi connectivity index (χ4v) is 0.798. The van der Waals surface area contributed by atoms with Crippen molar-refractivity contribution in [2.45, 2.75) is 20.5 Å². The van der Waals surface area contributed by atoms with Crippen LogP contribution in [0.3, 0.4) is 0 Å². The first kappa shape index (κ1) is 8.27. The SMILES string of the molecule is CC(=S)OCc1cc(C)co1. The molecule has 0 amide bonds. The molecule has 0 aliphatic carbocycles. The van der Waals surface area contributed by atoms with E-state index in [1.807, 2.05) is 13.0 Å². The smallest absolute Gasteiger partial charge is 0.157 e. The first-order chi connectivity index (χ1) is 5.18. The van der Waals surface area contributed by atoms with Crippen LogP contribution >= 0.6 is 12.2 Å². The maximum atomic E-state index is 5.13. The Bertz CT molecular complexity index is 252. The minimum absolute atomic E-state index is 0.434. The topological polar surface area (TPSA) is 22.4 Å². The summed E-state index contributed by atoms with van der Waals surface area (Å²) in [4.78, 5) is 0. The molecule has 1 heterocycles. The van der Waals surface area contributed by atoms with E-state index in [0.717, 1.165) is 11.3 Å². The Hall–Kier alpha value is -0.830. The zero-order chi connectivity index (χ0) is 8.27. The molecular formula is C8H10O2S. The minimum atomic E-state index is 0.434. The van der Waals surface area contributed by atoms with E-state index in [-0.39, 0.29) is 0 Å². The van der Waals surface area contributed by atoms with Gasteiger partial charge in [-0.3, -0.25) is 0 Å². The van der Waals surface area contributed by atoms with Crippen LogP contribution < -0.4 is 0 Å². The summed E-state index contributed by atoms with van der Waals surface area (Å²) >= 11 is 4.74. The van der Waals surface area contributed by atoms with Crippen molar-refractivity contribution in [1.82, 2.24) is 0 Å². The van der Waals surface area contributed by atoms with Crippen LogP contribution in [0, 0.1) is 6.92 Å². The molecule has 1 aromatic rings. The molecule has 0 fully saturated rings. The predicted molar refractivity (Wildman–Crippen MR) is 46.5 cm³/mol. The van der Waals surface area contributed by atoms with Crippen LogP contribution in [-0.4, -0.2) is 5.05 Å². The monoisotopic (exact) mass is 170 g/mol. The summed E-state index contributed by atoms with van der Waals surface area (Å²) < 4.78 is 10.2. The van der Waals surface area contributed by atoms with Gasteiger partial charge in [-0.2, -0.15) is 0 Å². The van der Waals surface area contributed by atoms with Crippen LogP contribution in [0.1, 0.15) is 18.2 Å². The van der Waals surface area contributed by atoms with E-state index in [0.29, 0.717) is 11.7 Å². The summed E-state index contributed by atoms with van der Waals surface area (Å²) in [5.41, 5.74) is 1.10. The zero-order valence-electron chi connectivity index (χ0n) is 6.59. The predicted octanol–water partition coefficient (Wildman–Crippen LogP) is 2.45. The Kier molecular flexibility index (Phi) is 2.65. The average Bonchev–Trinajstić information content (AvgIpc) is 2.31. The highest BCUT2D eigenvalue weighted by atomic mass is 32.1. The third kappa shape index (κ3) is 2.72. The molecule has 1 aromatic heterocycles. The number of furan rings is 1. The second-order valence-corrected chi connectivity index (χ2v) is 2.95. The fraction of sp³-hybridized carbons (Fsp3) is 0.375. The molecule has 1 rings (SSSR count). The van der Waals surface area contributed by atoms with Gasteiger partial charge in [0.15, 0.2) is 5.05 Å². The van der Waals surface area contributed by atoms with Crippen LogP contribution in [0.25, 0.3) is 0 Å². The highest BCUT2D eigenvalue weighted by Crippen LogP contribution is 2.07. The largest absolute Gasteiger partial charge is 0.479 e. The number of rotatable bonds is 2. The van der Waals surface area contributed by atoms with Crippen LogP contribution in [0.2, 0.25) is 0 Å². The third-order valence-electron chi connectivity index (χ3n) is 1.20. The molecule has 0 aliphatic heterocycles. The van der Waals surface area contributed by atoms with Gasteiger partial charge in [-0.1, -0.05) is 0 Å². The molecule has 2 nitrogen and oxygen atoms in total. The molecule has 0 saturated carbocycles. The van der Waals surface area contributed by atoms with Crippen molar-refractivity contribution in [2.24, 2.45) is 0 Å². The standard InChI is InChI=1S/C8H10O2S/c1-6-3-8(10-4-6)5-9-7(2)11/h3-4H,5H2,1-2H3. The first-order valence-electron chi connectivity index (χ1n) is 3.36. The molecule has 60 valence electrons. The molecule has 0 N–H and O–H groups in total. The van der Waals surface area contributed by atoms with E-state index in [2.05, 4.69) is 0 Å².